The van der Waals surface area contributed by atoms with Crippen molar-refractivity contribution in [2.75, 3.05) is 13.7 Å². The number of ether oxygens (including phenoxy) is 2. The Morgan fingerprint density at radius 3 is 2.67 bits per heavy atom. The second-order valence-corrected chi connectivity index (χ2v) is 8.59. The van der Waals surface area contributed by atoms with Gasteiger partial charge < -0.3 is 25.0 Å². The predicted molar refractivity (Wildman–Crippen MR) is 127 cm³/mol. The van der Waals surface area contributed by atoms with Crippen LogP contribution in [0.5, 0.6) is 17.2 Å². The van der Waals surface area contributed by atoms with E-state index < -0.39 is 12.1 Å². The number of methoxy groups -OCH3 is 1. The molecule has 1 aliphatic rings. The highest BCUT2D eigenvalue weighted by molar-refractivity contribution is 6.30. The number of aromatic carboxylic acids is 1. The quantitative estimate of drug-likeness (QED) is 0.431. The van der Waals surface area contributed by atoms with Crippen LogP contribution in [0.1, 0.15) is 39.6 Å². The van der Waals surface area contributed by atoms with Crippen LogP contribution >= 0.6 is 11.6 Å². The maximum absolute atomic E-state index is 11.4. The van der Waals surface area contributed by atoms with Crippen molar-refractivity contribution in [3.63, 3.8) is 0 Å². The number of aliphatic hydroxyl groups is 1. The van der Waals surface area contributed by atoms with Gasteiger partial charge in [-0.3, -0.25) is 0 Å². The number of hydrogen-bond donors (Lipinski definition) is 3. The lowest BCUT2D eigenvalue weighted by Crippen LogP contribution is -2.37. The zero-order valence-electron chi connectivity index (χ0n) is 18.3. The first-order valence-electron chi connectivity index (χ1n) is 10.8. The second kappa shape index (κ2) is 10.3. The van der Waals surface area contributed by atoms with Crippen molar-refractivity contribution in [1.82, 2.24) is 5.32 Å². The monoisotopic (exact) mass is 467 g/mol. The molecule has 4 rings (SSSR count). The lowest BCUT2D eigenvalue weighted by molar-refractivity contribution is 0.0696. The lowest BCUT2D eigenvalue weighted by Gasteiger charge is -2.27. The van der Waals surface area contributed by atoms with Crippen molar-refractivity contribution in [3.05, 3.63) is 87.9 Å². The zero-order valence-corrected chi connectivity index (χ0v) is 19.0. The summed E-state index contributed by atoms with van der Waals surface area (Å²) in [4.78, 5) is 11.4. The van der Waals surface area contributed by atoms with Gasteiger partial charge in [-0.15, -0.1) is 0 Å². The summed E-state index contributed by atoms with van der Waals surface area (Å²) in [7, 11) is 1.49. The summed E-state index contributed by atoms with van der Waals surface area (Å²) < 4.78 is 11.2. The summed E-state index contributed by atoms with van der Waals surface area (Å²) in [5.74, 6) is 0.420. The predicted octanol–water partition coefficient (Wildman–Crippen LogP) is 5.02. The standard InChI is InChI=1S/C26H26ClNO5/c1-32-23-12-19(26(30)31)13-24(14-23)33-22-8-6-16-5-7-21(10-18(16)11-22)28-15-25(29)17-3-2-4-20(27)9-17/h2-4,6,8-9,11-14,21,25,28-29H,5,7,10,15H2,1H3,(H,30,31)/t21-,25-/m0/s1. The van der Waals surface area contributed by atoms with Crippen molar-refractivity contribution in [2.45, 2.75) is 31.4 Å². The van der Waals surface area contributed by atoms with E-state index in [0.29, 0.717) is 28.8 Å². The molecule has 0 amide bonds. The Kier molecular flexibility index (Phi) is 7.18. The fourth-order valence-corrected chi connectivity index (χ4v) is 4.29. The Bertz CT molecular complexity index is 1150. The first kappa shape index (κ1) is 23.1. The molecule has 0 heterocycles. The van der Waals surface area contributed by atoms with Gasteiger partial charge in [-0.1, -0.05) is 29.8 Å². The number of benzene rings is 3. The minimum atomic E-state index is -1.04. The van der Waals surface area contributed by atoms with Crippen molar-refractivity contribution < 1.29 is 24.5 Å². The smallest absolute Gasteiger partial charge is 0.335 e. The van der Waals surface area contributed by atoms with Gasteiger partial charge in [0.15, 0.2) is 0 Å². The van der Waals surface area contributed by atoms with Gasteiger partial charge >= 0.3 is 5.97 Å². The van der Waals surface area contributed by atoms with Gasteiger partial charge in [-0.25, -0.2) is 4.79 Å². The minimum absolute atomic E-state index is 0.102. The van der Waals surface area contributed by atoms with Crippen LogP contribution < -0.4 is 14.8 Å². The van der Waals surface area contributed by atoms with E-state index in [-0.39, 0.29) is 11.6 Å². The van der Waals surface area contributed by atoms with Gasteiger partial charge in [0.25, 0.3) is 0 Å². The first-order chi connectivity index (χ1) is 15.9. The number of nitrogens with one attached hydrogen (secondary N) is 1. The molecule has 0 fully saturated rings. The van der Waals surface area contributed by atoms with Crippen LogP contribution in [0, 0.1) is 0 Å². The molecule has 0 unspecified atom stereocenters. The Hall–Kier alpha value is -3.06. The SMILES string of the molecule is COc1cc(Oc2ccc3c(c2)C[C@@H](NC[C@H](O)c2cccc(Cl)c2)CC3)cc(C(=O)O)c1. The molecule has 0 bridgehead atoms. The zero-order chi connectivity index (χ0) is 23.4. The molecule has 7 heteroatoms. The number of carboxylic acids is 1. The average molecular weight is 468 g/mol. The first-order valence-corrected chi connectivity index (χ1v) is 11.2. The summed E-state index contributed by atoms with van der Waals surface area (Å²) in [6.45, 7) is 0.443. The van der Waals surface area contributed by atoms with Gasteiger partial charge in [0.1, 0.15) is 17.2 Å². The maximum Gasteiger partial charge on any atom is 0.335 e. The van der Waals surface area contributed by atoms with Gasteiger partial charge in [0, 0.05) is 23.7 Å². The molecule has 1 aliphatic carbocycles. The van der Waals surface area contributed by atoms with E-state index >= 15 is 0 Å². The fourth-order valence-electron chi connectivity index (χ4n) is 4.09. The van der Waals surface area contributed by atoms with E-state index in [2.05, 4.69) is 11.4 Å². The van der Waals surface area contributed by atoms with E-state index in [9.17, 15) is 15.0 Å². The number of carboxylic acid groups (broad SMARTS) is 1. The largest absolute Gasteiger partial charge is 0.497 e. The van der Waals surface area contributed by atoms with Crippen LogP contribution in [0.4, 0.5) is 0 Å². The molecule has 3 aromatic rings. The summed E-state index contributed by atoms with van der Waals surface area (Å²) >= 11 is 6.03. The van der Waals surface area contributed by atoms with Gasteiger partial charge in [-0.2, -0.15) is 0 Å². The van der Waals surface area contributed by atoms with Crippen LogP contribution in [0.15, 0.2) is 60.7 Å². The van der Waals surface area contributed by atoms with Crippen LogP contribution in [0.3, 0.4) is 0 Å². The molecule has 0 radical (unpaired) electrons. The van der Waals surface area contributed by atoms with E-state index in [1.54, 1.807) is 18.2 Å². The van der Waals surface area contributed by atoms with Crippen molar-refractivity contribution in [3.8, 4) is 17.2 Å². The highest BCUT2D eigenvalue weighted by atomic mass is 35.5. The molecule has 33 heavy (non-hydrogen) atoms. The van der Waals surface area contributed by atoms with Crippen molar-refractivity contribution in [1.29, 1.82) is 0 Å². The average Bonchev–Trinajstić information content (AvgIpc) is 2.82. The number of aryl methyl sites for hydroxylation is 1. The number of rotatable bonds is 8. The Morgan fingerprint density at radius 2 is 1.91 bits per heavy atom. The highest BCUT2D eigenvalue weighted by Gasteiger charge is 2.20. The molecule has 0 spiro atoms. The highest BCUT2D eigenvalue weighted by Crippen LogP contribution is 2.31. The summed E-state index contributed by atoms with van der Waals surface area (Å²) in [5.41, 5.74) is 3.34. The van der Waals surface area contributed by atoms with Crippen LogP contribution in [-0.4, -0.2) is 35.9 Å². The molecule has 172 valence electrons. The van der Waals surface area contributed by atoms with Crippen LogP contribution in [0.25, 0.3) is 0 Å². The summed E-state index contributed by atoms with van der Waals surface area (Å²) in [5, 5.41) is 23.9. The molecule has 3 aromatic carbocycles. The molecule has 3 N–H and O–H groups in total. The Balaban J connectivity index is 1.42. The molecular weight excluding hydrogens is 442 g/mol. The maximum atomic E-state index is 11.4. The van der Waals surface area contributed by atoms with E-state index in [4.69, 9.17) is 21.1 Å². The third-order valence-corrected chi connectivity index (χ3v) is 6.07. The minimum Gasteiger partial charge on any atom is -0.497 e. The third kappa shape index (κ3) is 5.85. The van der Waals surface area contributed by atoms with E-state index in [0.717, 1.165) is 24.8 Å². The van der Waals surface area contributed by atoms with E-state index in [1.807, 2.05) is 24.3 Å². The molecule has 0 saturated carbocycles. The summed E-state index contributed by atoms with van der Waals surface area (Å²) in [6.07, 6.45) is 2.10. The Morgan fingerprint density at radius 1 is 1.09 bits per heavy atom. The Labute approximate surface area is 197 Å². The number of hydrogen-bond acceptors (Lipinski definition) is 5. The fraction of sp³-hybridized carbons (Fsp3) is 0.269. The van der Waals surface area contributed by atoms with Crippen molar-refractivity contribution >= 4 is 17.6 Å². The van der Waals surface area contributed by atoms with Gasteiger partial charge in [-0.05, 0) is 72.4 Å². The molecular formula is C26H26ClNO5. The van der Waals surface area contributed by atoms with Crippen LogP contribution in [0.2, 0.25) is 5.02 Å². The number of halogens is 1. The molecule has 2 atom stereocenters. The third-order valence-electron chi connectivity index (χ3n) is 5.84. The number of carbonyl (C=O) groups is 1. The topological polar surface area (TPSA) is 88.0 Å². The van der Waals surface area contributed by atoms with Crippen LogP contribution in [-0.2, 0) is 12.8 Å². The summed E-state index contributed by atoms with van der Waals surface area (Å²) in [6, 6.07) is 18.0. The second-order valence-electron chi connectivity index (χ2n) is 8.15. The normalized spacial score (nSPS) is 16.0. The van der Waals surface area contributed by atoms with Gasteiger partial charge in [0.2, 0.25) is 0 Å². The van der Waals surface area contributed by atoms with Gasteiger partial charge in [0.05, 0.1) is 18.8 Å². The number of aliphatic hydroxyl groups excluding tert-OH is 1. The lowest BCUT2D eigenvalue weighted by atomic mass is 9.88. The van der Waals surface area contributed by atoms with Crippen molar-refractivity contribution in [2.24, 2.45) is 0 Å². The van der Waals surface area contributed by atoms with E-state index in [1.165, 1.54) is 30.4 Å². The molecule has 0 saturated heterocycles. The molecule has 0 aromatic heterocycles. The number of fused-ring (bicyclic) bond motifs is 1. The molecule has 0 aliphatic heterocycles. The molecule has 6 nitrogen and oxygen atoms in total.